The van der Waals surface area contributed by atoms with Crippen molar-refractivity contribution in [3.05, 3.63) is 50.0 Å². The van der Waals surface area contributed by atoms with Crippen LogP contribution in [0.1, 0.15) is 25.8 Å². The molecule has 9 nitrogen and oxygen atoms in total. The van der Waals surface area contributed by atoms with Gasteiger partial charge in [0.1, 0.15) is 6.42 Å². The first-order valence-electron chi connectivity index (χ1n) is 9.95. The average molecular weight is 632 g/mol. The molecule has 2 aromatic carbocycles. The minimum atomic E-state index is -0.565. The molecule has 0 unspecified atom stereocenters. The molecule has 33 heavy (non-hydrogen) atoms. The summed E-state index contributed by atoms with van der Waals surface area (Å²) in [4.78, 5) is 35.7. The Morgan fingerprint density at radius 2 is 1.85 bits per heavy atom. The fourth-order valence-electron chi connectivity index (χ4n) is 2.52. The Bertz CT molecular complexity index is 1030. The third-order valence-corrected chi connectivity index (χ3v) is 5.34. The molecule has 0 heterocycles. The third-order valence-electron chi connectivity index (χ3n) is 3.84. The number of hydrogen-bond donors (Lipinski definition) is 2. The summed E-state index contributed by atoms with van der Waals surface area (Å²) in [5.74, 6) is -0.673. The lowest BCUT2D eigenvalue weighted by Gasteiger charge is -2.14. The predicted octanol–water partition coefficient (Wildman–Crippen LogP) is 3.87. The molecule has 0 radical (unpaired) electrons. The fraction of sp³-hybridized carbons (Fsp3) is 0.273. The number of carbonyl (C=O) groups is 3. The molecule has 2 amide bonds. The van der Waals surface area contributed by atoms with Crippen molar-refractivity contribution in [2.45, 2.75) is 20.3 Å². The Morgan fingerprint density at radius 3 is 2.55 bits per heavy atom. The van der Waals surface area contributed by atoms with E-state index in [1.807, 2.05) is 13.0 Å². The minimum Gasteiger partial charge on any atom is -0.490 e. The van der Waals surface area contributed by atoms with E-state index in [2.05, 4.69) is 54.4 Å². The summed E-state index contributed by atoms with van der Waals surface area (Å²) in [5.41, 5.74) is 3.52. The minimum absolute atomic E-state index is 0.241. The van der Waals surface area contributed by atoms with Crippen molar-refractivity contribution in [3.8, 4) is 11.5 Å². The van der Waals surface area contributed by atoms with Crippen molar-refractivity contribution in [2.24, 2.45) is 5.10 Å². The van der Waals surface area contributed by atoms with E-state index in [0.29, 0.717) is 37.4 Å². The van der Waals surface area contributed by atoms with Crippen LogP contribution in [0.25, 0.3) is 0 Å². The first-order chi connectivity index (χ1) is 15.8. The molecule has 0 saturated heterocycles. The number of halogens is 2. The van der Waals surface area contributed by atoms with Gasteiger partial charge in [0.05, 0.1) is 28.7 Å². The molecule has 0 spiro atoms. The quantitative estimate of drug-likeness (QED) is 0.128. The first-order valence-corrected chi connectivity index (χ1v) is 11.8. The van der Waals surface area contributed by atoms with Crippen LogP contribution in [-0.2, 0) is 19.1 Å². The van der Waals surface area contributed by atoms with Crippen molar-refractivity contribution in [1.82, 2.24) is 5.43 Å². The van der Waals surface area contributed by atoms with E-state index in [1.54, 1.807) is 37.3 Å². The van der Waals surface area contributed by atoms with Gasteiger partial charge >= 0.3 is 5.97 Å². The lowest BCUT2D eigenvalue weighted by molar-refractivity contribution is -0.145. The topological polar surface area (TPSA) is 115 Å². The van der Waals surface area contributed by atoms with Crippen LogP contribution in [0.3, 0.4) is 0 Å². The van der Waals surface area contributed by atoms with E-state index in [0.717, 1.165) is 0 Å². The number of ether oxygens (including phenoxy) is 3. The van der Waals surface area contributed by atoms with E-state index in [4.69, 9.17) is 14.2 Å². The van der Waals surface area contributed by atoms with Crippen LogP contribution >= 0.6 is 38.5 Å². The van der Waals surface area contributed by atoms with Crippen molar-refractivity contribution >= 4 is 68.2 Å². The van der Waals surface area contributed by atoms with Crippen LogP contribution in [-0.4, -0.2) is 43.8 Å². The highest BCUT2D eigenvalue weighted by Gasteiger charge is 2.14. The highest BCUT2D eigenvalue weighted by molar-refractivity contribution is 14.1. The maximum Gasteiger partial charge on any atom is 0.344 e. The second-order valence-electron chi connectivity index (χ2n) is 6.35. The molecule has 0 aliphatic carbocycles. The Morgan fingerprint density at radius 1 is 1.09 bits per heavy atom. The molecule has 0 atom stereocenters. The molecule has 0 bridgehead atoms. The number of amides is 2. The van der Waals surface area contributed by atoms with Gasteiger partial charge in [-0.05, 0) is 82.2 Å². The summed E-state index contributed by atoms with van der Waals surface area (Å²) < 4.78 is 17.4. The maximum atomic E-state index is 12.0. The second kappa shape index (κ2) is 13.8. The van der Waals surface area contributed by atoms with E-state index in [9.17, 15) is 14.4 Å². The molecule has 0 aliphatic rings. The van der Waals surface area contributed by atoms with E-state index >= 15 is 0 Å². The molecule has 11 heteroatoms. The summed E-state index contributed by atoms with van der Waals surface area (Å²) in [7, 11) is 0. The van der Waals surface area contributed by atoms with Gasteiger partial charge in [0.25, 0.3) is 0 Å². The van der Waals surface area contributed by atoms with Crippen molar-refractivity contribution < 1.29 is 28.6 Å². The predicted molar refractivity (Wildman–Crippen MR) is 136 cm³/mol. The van der Waals surface area contributed by atoms with Crippen LogP contribution in [0.5, 0.6) is 11.5 Å². The van der Waals surface area contributed by atoms with Gasteiger partial charge in [0.15, 0.2) is 18.1 Å². The van der Waals surface area contributed by atoms with Gasteiger partial charge in [-0.1, -0.05) is 12.1 Å². The van der Waals surface area contributed by atoms with Gasteiger partial charge in [-0.2, -0.15) is 5.10 Å². The normalized spacial score (nSPS) is 10.5. The van der Waals surface area contributed by atoms with Crippen LogP contribution < -0.4 is 20.2 Å². The van der Waals surface area contributed by atoms with Crippen LogP contribution in [0.15, 0.2) is 46.0 Å². The molecule has 0 saturated carbocycles. The van der Waals surface area contributed by atoms with Crippen molar-refractivity contribution in [2.75, 3.05) is 25.1 Å². The molecule has 2 N–H and O–H groups in total. The van der Waals surface area contributed by atoms with Gasteiger partial charge in [-0.3, -0.25) is 9.59 Å². The largest absolute Gasteiger partial charge is 0.490 e. The lowest BCUT2D eigenvalue weighted by atomic mass is 10.2. The number of hydrazone groups is 1. The molecule has 2 aromatic rings. The molecular weight excluding hydrogens is 609 g/mol. The van der Waals surface area contributed by atoms with Crippen molar-refractivity contribution in [3.63, 3.8) is 0 Å². The number of nitrogens with one attached hydrogen (secondary N) is 2. The molecule has 176 valence electrons. The van der Waals surface area contributed by atoms with E-state index in [1.165, 1.54) is 6.21 Å². The standard InChI is InChI=1S/C22H23BrIN3O6/c1-3-31-18-10-14(9-16(24)22(18)33-13-21(30)32-4-2)12-25-27-20(29)11-19(28)26-17-8-6-5-7-15(17)23/h5-10,12H,3-4,11,13H2,1-2H3,(H,26,28)(H,27,29). The Hall–Kier alpha value is -2.67. The number of nitrogens with zero attached hydrogens (tertiary/aromatic N) is 1. The smallest absolute Gasteiger partial charge is 0.344 e. The number of benzene rings is 2. The molecule has 0 aromatic heterocycles. The zero-order valence-corrected chi connectivity index (χ0v) is 21.8. The lowest BCUT2D eigenvalue weighted by Crippen LogP contribution is -2.24. The summed E-state index contributed by atoms with van der Waals surface area (Å²) in [6.45, 7) is 3.95. The zero-order chi connectivity index (χ0) is 24.2. The van der Waals surface area contributed by atoms with Crippen LogP contribution in [0.2, 0.25) is 0 Å². The summed E-state index contributed by atoms with van der Waals surface area (Å²) in [5, 5.41) is 6.55. The SMILES string of the molecule is CCOC(=O)COc1c(I)cc(C=NNC(=O)CC(=O)Nc2ccccc2Br)cc1OCC. The van der Waals surface area contributed by atoms with Gasteiger partial charge in [-0.15, -0.1) is 0 Å². The zero-order valence-electron chi connectivity index (χ0n) is 18.0. The second-order valence-corrected chi connectivity index (χ2v) is 8.37. The first kappa shape index (κ1) is 26.6. The van der Waals surface area contributed by atoms with Gasteiger partial charge in [0, 0.05) is 4.47 Å². The molecule has 2 rings (SSSR count). The number of esters is 1. The molecular formula is C22H23BrIN3O6. The maximum absolute atomic E-state index is 12.0. The van der Waals surface area contributed by atoms with E-state index < -0.39 is 17.8 Å². The number of carbonyl (C=O) groups excluding carboxylic acids is 3. The Kier molecular flexibility index (Phi) is 11.1. The van der Waals surface area contributed by atoms with E-state index in [-0.39, 0.29) is 19.6 Å². The monoisotopic (exact) mass is 631 g/mol. The summed E-state index contributed by atoms with van der Waals surface area (Å²) in [6.07, 6.45) is 1.03. The molecule has 0 aliphatic heterocycles. The number of para-hydroxylation sites is 1. The summed E-state index contributed by atoms with van der Waals surface area (Å²) >= 11 is 5.38. The number of hydrogen-bond acceptors (Lipinski definition) is 7. The highest BCUT2D eigenvalue weighted by atomic mass is 127. The highest BCUT2D eigenvalue weighted by Crippen LogP contribution is 2.34. The Balaban J connectivity index is 1.97. The number of anilines is 1. The Labute approximate surface area is 213 Å². The molecule has 0 fully saturated rings. The number of rotatable bonds is 11. The summed E-state index contributed by atoms with van der Waals surface area (Å²) in [6, 6.07) is 10.5. The van der Waals surface area contributed by atoms with Crippen LogP contribution in [0, 0.1) is 3.57 Å². The van der Waals surface area contributed by atoms with Crippen LogP contribution in [0.4, 0.5) is 5.69 Å². The van der Waals surface area contributed by atoms with Gasteiger partial charge in [0.2, 0.25) is 11.8 Å². The van der Waals surface area contributed by atoms with Crippen molar-refractivity contribution in [1.29, 1.82) is 0 Å². The van der Waals surface area contributed by atoms with Gasteiger partial charge in [-0.25, -0.2) is 10.2 Å². The van der Waals surface area contributed by atoms with Gasteiger partial charge < -0.3 is 19.5 Å². The fourth-order valence-corrected chi connectivity index (χ4v) is 3.69. The average Bonchev–Trinajstić information content (AvgIpc) is 2.75. The third kappa shape index (κ3) is 9.00.